The molecule has 33 heavy (non-hydrogen) atoms. The van der Waals surface area contributed by atoms with Crippen LogP contribution in [0.1, 0.15) is 18.4 Å². The minimum Gasteiger partial charge on any atom is -0.497 e. The third-order valence-corrected chi connectivity index (χ3v) is 6.74. The van der Waals surface area contributed by atoms with E-state index >= 15 is 0 Å². The molecule has 174 valence electrons. The fraction of sp³-hybridized carbons (Fsp3) is 0.409. The standard InChI is InChI=1S/C22H26N6O4S/c1-23-20(30)15-4-3-9-27(11-15)22-26-19-18(33-22)21(31)28(13-25-19)12-17(29)24-10-14-5-7-16(32-2)8-6-14/h5-8,13,15H,3-4,9-12H2,1-2H3,(H,23,30)(H,24,29)/t15-/m1/s1. The molecule has 2 amide bonds. The molecule has 0 spiro atoms. The number of benzene rings is 1. The molecule has 2 aromatic heterocycles. The summed E-state index contributed by atoms with van der Waals surface area (Å²) in [6, 6.07) is 7.38. The molecule has 2 N–H and O–H groups in total. The molecule has 0 saturated carbocycles. The minimum absolute atomic E-state index is 0.0157. The van der Waals surface area contributed by atoms with Crippen LogP contribution in [0.2, 0.25) is 0 Å². The number of thiazole rings is 1. The second kappa shape index (κ2) is 9.99. The maximum Gasteiger partial charge on any atom is 0.273 e. The Labute approximate surface area is 194 Å². The van der Waals surface area contributed by atoms with E-state index in [4.69, 9.17) is 4.74 Å². The van der Waals surface area contributed by atoms with Gasteiger partial charge in [0, 0.05) is 26.7 Å². The van der Waals surface area contributed by atoms with Gasteiger partial charge in [0.1, 0.15) is 23.3 Å². The lowest BCUT2D eigenvalue weighted by Crippen LogP contribution is -2.42. The van der Waals surface area contributed by atoms with E-state index in [1.54, 1.807) is 14.2 Å². The highest BCUT2D eigenvalue weighted by Crippen LogP contribution is 2.29. The number of aromatic nitrogens is 3. The van der Waals surface area contributed by atoms with E-state index in [0.29, 0.717) is 28.6 Å². The zero-order valence-electron chi connectivity index (χ0n) is 18.5. The van der Waals surface area contributed by atoms with Gasteiger partial charge in [-0.3, -0.25) is 19.0 Å². The number of carbonyl (C=O) groups excluding carboxylic acids is 2. The van der Waals surface area contributed by atoms with Gasteiger partial charge in [0.2, 0.25) is 11.8 Å². The van der Waals surface area contributed by atoms with E-state index in [1.807, 2.05) is 29.2 Å². The van der Waals surface area contributed by atoms with E-state index in [0.717, 1.165) is 30.7 Å². The largest absolute Gasteiger partial charge is 0.497 e. The molecule has 11 heteroatoms. The Hall–Kier alpha value is -3.47. The van der Waals surface area contributed by atoms with Crippen LogP contribution in [0.4, 0.5) is 5.13 Å². The Kier molecular flexibility index (Phi) is 6.87. The van der Waals surface area contributed by atoms with Crippen molar-refractivity contribution >= 4 is 38.6 Å². The van der Waals surface area contributed by atoms with Crippen molar-refractivity contribution in [2.75, 3.05) is 32.1 Å². The molecule has 0 unspecified atom stereocenters. The Morgan fingerprint density at radius 3 is 2.79 bits per heavy atom. The molecule has 10 nitrogen and oxygen atoms in total. The number of carbonyl (C=O) groups is 2. The SMILES string of the molecule is CNC(=O)[C@@H]1CCCN(c2nc3ncn(CC(=O)NCc4ccc(OC)cc4)c(=O)c3s2)C1. The summed E-state index contributed by atoms with van der Waals surface area (Å²) in [7, 11) is 3.23. The smallest absolute Gasteiger partial charge is 0.273 e. The molecule has 1 atom stereocenters. The normalized spacial score (nSPS) is 15.9. The number of hydrogen-bond donors (Lipinski definition) is 2. The summed E-state index contributed by atoms with van der Waals surface area (Å²) in [4.78, 5) is 48.2. The number of rotatable bonds is 7. The maximum atomic E-state index is 12.9. The minimum atomic E-state index is -0.303. The zero-order chi connectivity index (χ0) is 23.4. The van der Waals surface area contributed by atoms with Gasteiger partial charge in [0.25, 0.3) is 5.56 Å². The van der Waals surface area contributed by atoms with Crippen molar-refractivity contribution in [1.29, 1.82) is 0 Å². The van der Waals surface area contributed by atoms with E-state index in [2.05, 4.69) is 20.6 Å². The predicted octanol–water partition coefficient (Wildman–Crippen LogP) is 1.14. The number of hydrogen-bond acceptors (Lipinski definition) is 8. The average molecular weight is 471 g/mol. The summed E-state index contributed by atoms with van der Waals surface area (Å²) < 4.78 is 6.82. The van der Waals surface area contributed by atoms with Crippen LogP contribution in [0.15, 0.2) is 35.4 Å². The predicted molar refractivity (Wildman–Crippen MR) is 126 cm³/mol. The Balaban J connectivity index is 1.43. The van der Waals surface area contributed by atoms with Gasteiger partial charge in [-0.05, 0) is 30.5 Å². The van der Waals surface area contributed by atoms with Gasteiger partial charge < -0.3 is 20.3 Å². The third-order valence-electron chi connectivity index (χ3n) is 5.64. The first-order valence-corrected chi connectivity index (χ1v) is 11.5. The van der Waals surface area contributed by atoms with Crippen molar-refractivity contribution in [2.24, 2.45) is 5.92 Å². The first-order chi connectivity index (χ1) is 16.0. The number of methoxy groups -OCH3 is 1. The number of nitrogens with zero attached hydrogens (tertiary/aromatic N) is 4. The van der Waals surface area contributed by atoms with Crippen LogP contribution < -0.4 is 25.8 Å². The number of ether oxygens (including phenoxy) is 1. The topological polar surface area (TPSA) is 118 Å². The van der Waals surface area contributed by atoms with Crippen molar-refractivity contribution in [1.82, 2.24) is 25.2 Å². The first kappa shape index (κ1) is 22.7. The van der Waals surface area contributed by atoms with Crippen molar-refractivity contribution in [3.05, 3.63) is 46.5 Å². The van der Waals surface area contributed by atoms with Gasteiger partial charge in [0.05, 0.1) is 13.0 Å². The highest BCUT2D eigenvalue weighted by Gasteiger charge is 2.27. The number of amides is 2. The molecular formula is C22H26N6O4S. The second-order valence-electron chi connectivity index (χ2n) is 7.85. The lowest BCUT2D eigenvalue weighted by molar-refractivity contribution is -0.124. The number of piperidine rings is 1. The van der Waals surface area contributed by atoms with Crippen LogP contribution >= 0.6 is 11.3 Å². The van der Waals surface area contributed by atoms with Crippen LogP contribution in [-0.2, 0) is 22.7 Å². The van der Waals surface area contributed by atoms with Gasteiger partial charge >= 0.3 is 0 Å². The van der Waals surface area contributed by atoms with Crippen molar-refractivity contribution in [3.63, 3.8) is 0 Å². The molecule has 1 fully saturated rings. The molecule has 1 aliphatic rings. The van der Waals surface area contributed by atoms with E-state index in [1.165, 1.54) is 22.2 Å². The molecular weight excluding hydrogens is 444 g/mol. The summed E-state index contributed by atoms with van der Waals surface area (Å²) >= 11 is 1.25. The second-order valence-corrected chi connectivity index (χ2v) is 8.83. The molecule has 0 aliphatic carbocycles. The lowest BCUT2D eigenvalue weighted by atomic mass is 9.98. The van der Waals surface area contributed by atoms with Crippen LogP contribution in [0, 0.1) is 5.92 Å². The van der Waals surface area contributed by atoms with Crippen LogP contribution in [0.25, 0.3) is 10.3 Å². The third kappa shape index (κ3) is 5.14. The van der Waals surface area contributed by atoms with Gasteiger partial charge in [-0.2, -0.15) is 4.98 Å². The van der Waals surface area contributed by atoms with E-state index in [-0.39, 0.29) is 29.8 Å². The highest BCUT2D eigenvalue weighted by molar-refractivity contribution is 7.22. The van der Waals surface area contributed by atoms with Crippen LogP contribution in [0.3, 0.4) is 0 Å². The summed E-state index contributed by atoms with van der Waals surface area (Å²) in [6.45, 7) is 1.55. The highest BCUT2D eigenvalue weighted by atomic mass is 32.1. The van der Waals surface area contributed by atoms with Gasteiger partial charge in [-0.15, -0.1) is 0 Å². The molecule has 3 heterocycles. The molecule has 0 radical (unpaired) electrons. The van der Waals surface area contributed by atoms with Gasteiger partial charge in [-0.1, -0.05) is 23.5 Å². The lowest BCUT2D eigenvalue weighted by Gasteiger charge is -2.31. The number of nitrogens with one attached hydrogen (secondary N) is 2. The summed E-state index contributed by atoms with van der Waals surface area (Å²) in [5.74, 6) is 0.369. The first-order valence-electron chi connectivity index (χ1n) is 10.7. The maximum absolute atomic E-state index is 12.9. The molecule has 0 bridgehead atoms. The average Bonchev–Trinajstić information content (AvgIpc) is 3.30. The van der Waals surface area contributed by atoms with E-state index < -0.39 is 0 Å². The van der Waals surface area contributed by atoms with Crippen molar-refractivity contribution < 1.29 is 14.3 Å². The summed E-state index contributed by atoms with van der Waals surface area (Å²) in [5, 5.41) is 6.19. The Morgan fingerprint density at radius 1 is 1.27 bits per heavy atom. The molecule has 4 rings (SSSR count). The zero-order valence-corrected chi connectivity index (χ0v) is 19.4. The van der Waals surface area contributed by atoms with Gasteiger partial charge in [-0.25, -0.2) is 4.98 Å². The monoisotopic (exact) mass is 470 g/mol. The molecule has 3 aromatic rings. The van der Waals surface area contributed by atoms with Gasteiger partial charge in [0.15, 0.2) is 10.8 Å². The fourth-order valence-electron chi connectivity index (χ4n) is 3.81. The molecule has 1 saturated heterocycles. The quantitative estimate of drug-likeness (QED) is 0.532. The van der Waals surface area contributed by atoms with Crippen LogP contribution in [-0.4, -0.2) is 53.6 Å². The Bertz CT molecular complexity index is 1210. The number of fused-ring (bicyclic) bond motifs is 1. The van der Waals surface area contributed by atoms with Crippen molar-refractivity contribution in [3.8, 4) is 5.75 Å². The molecule has 1 aliphatic heterocycles. The van der Waals surface area contributed by atoms with Crippen LogP contribution in [0.5, 0.6) is 5.75 Å². The Morgan fingerprint density at radius 2 is 2.06 bits per heavy atom. The molecule has 1 aromatic carbocycles. The summed E-state index contributed by atoms with van der Waals surface area (Å²) in [5.41, 5.74) is 0.980. The van der Waals surface area contributed by atoms with Crippen molar-refractivity contribution in [2.45, 2.75) is 25.9 Å². The number of anilines is 1. The fourth-order valence-corrected chi connectivity index (χ4v) is 4.81. The van der Waals surface area contributed by atoms with E-state index in [9.17, 15) is 14.4 Å². The summed E-state index contributed by atoms with van der Waals surface area (Å²) in [6.07, 6.45) is 3.06.